The fourth-order valence-electron chi connectivity index (χ4n) is 2.99. The maximum absolute atomic E-state index is 13.1. The highest BCUT2D eigenvalue weighted by molar-refractivity contribution is 5.94. The highest BCUT2D eigenvalue weighted by atomic mass is 16.5. The summed E-state index contributed by atoms with van der Waals surface area (Å²) in [6, 6.07) is 13.2. The Labute approximate surface area is 147 Å². The van der Waals surface area contributed by atoms with Crippen molar-refractivity contribution in [2.75, 3.05) is 13.2 Å². The molecule has 1 N–H and O–H groups in total. The van der Waals surface area contributed by atoms with Crippen LogP contribution in [0.1, 0.15) is 37.2 Å². The van der Waals surface area contributed by atoms with Crippen molar-refractivity contribution in [2.45, 2.75) is 32.4 Å². The van der Waals surface area contributed by atoms with Crippen molar-refractivity contribution in [3.63, 3.8) is 0 Å². The molecule has 25 heavy (non-hydrogen) atoms. The van der Waals surface area contributed by atoms with Crippen LogP contribution in [0.4, 0.5) is 0 Å². The first-order valence-electron chi connectivity index (χ1n) is 8.52. The van der Waals surface area contributed by atoms with E-state index in [0.717, 1.165) is 12.0 Å². The Balaban J connectivity index is 1.81. The van der Waals surface area contributed by atoms with Gasteiger partial charge in [0.15, 0.2) is 0 Å². The number of hydrogen-bond donors (Lipinski definition) is 1. The third kappa shape index (κ3) is 4.31. The third-order valence-electron chi connectivity index (χ3n) is 4.34. The first kappa shape index (κ1) is 17.3. The van der Waals surface area contributed by atoms with Gasteiger partial charge in [-0.05, 0) is 37.5 Å². The predicted molar refractivity (Wildman–Crippen MR) is 93.4 cm³/mol. The molecule has 5 heteroatoms. The molecule has 2 heterocycles. The number of hydrogen-bond acceptors (Lipinski definition) is 4. The van der Waals surface area contributed by atoms with Gasteiger partial charge in [-0.2, -0.15) is 0 Å². The number of carbonyl (C=O) groups is 1. The van der Waals surface area contributed by atoms with E-state index in [-0.39, 0.29) is 12.5 Å². The molecule has 1 aliphatic rings. The maximum atomic E-state index is 13.1. The number of rotatable bonds is 6. The van der Waals surface area contributed by atoms with Gasteiger partial charge in [-0.15, -0.1) is 0 Å². The van der Waals surface area contributed by atoms with Crippen molar-refractivity contribution in [2.24, 2.45) is 0 Å². The fraction of sp³-hybridized carbons (Fsp3) is 0.350. The van der Waals surface area contributed by atoms with Gasteiger partial charge in [-0.3, -0.25) is 4.79 Å². The van der Waals surface area contributed by atoms with Crippen molar-refractivity contribution >= 4 is 5.91 Å². The van der Waals surface area contributed by atoms with Crippen LogP contribution in [0.25, 0.3) is 0 Å². The molecule has 0 spiro atoms. The van der Waals surface area contributed by atoms with Crippen molar-refractivity contribution in [1.29, 1.82) is 0 Å². The molecule has 0 bridgehead atoms. The minimum atomic E-state index is -0.868. The summed E-state index contributed by atoms with van der Waals surface area (Å²) in [4.78, 5) is 14.7. The minimum Gasteiger partial charge on any atom is -0.498 e. The lowest BCUT2D eigenvalue weighted by atomic mass is 10.0. The van der Waals surface area contributed by atoms with E-state index in [1.165, 1.54) is 6.26 Å². The van der Waals surface area contributed by atoms with E-state index in [1.807, 2.05) is 37.3 Å². The van der Waals surface area contributed by atoms with Gasteiger partial charge in [0.05, 0.1) is 25.0 Å². The van der Waals surface area contributed by atoms with E-state index < -0.39 is 6.10 Å². The van der Waals surface area contributed by atoms with E-state index in [9.17, 15) is 9.90 Å². The Morgan fingerprint density at radius 1 is 1.24 bits per heavy atom. The summed E-state index contributed by atoms with van der Waals surface area (Å²) in [5.41, 5.74) is 1.70. The van der Waals surface area contributed by atoms with E-state index in [4.69, 9.17) is 9.15 Å². The topological polar surface area (TPSA) is 62.9 Å². The molecule has 2 aromatic rings. The number of nitrogens with zero attached hydrogens (tertiary/aromatic N) is 1. The Morgan fingerprint density at radius 3 is 2.72 bits per heavy atom. The highest BCUT2D eigenvalue weighted by Crippen LogP contribution is 2.24. The molecular formula is C20H23NO4. The molecule has 0 radical (unpaired) electrons. The number of allylic oxidation sites excluding steroid dienone is 1. The Hall–Kier alpha value is -2.53. The third-order valence-corrected chi connectivity index (χ3v) is 4.34. The minimum absolute atomic E-state index is 0.0911. The maximum Gasteiger partial charge on any atom is 0.253 e. The van der Waals surface area contributed by atoms with Gasteiger partial charge in [-0.1, -0.05) is 30.3 Å². The van der Waals surface area contributed by atoms with Gasteiger partial charge in [0.1, 0.15) is 17.6 Å². The van der Waals surface area contributed by atoms with Crippen molar-refractivity contribution in [3.05, 3.63) is 71.4 Å². The van der Waals surface area contributed by atoms with Crippen LogP contribution in [0.3, 0.4) is 0 Å². The zero-order valence-corrected chi connectivity index (χ0v) is 14.4. The SMILES string of the molecule is CC1=C(C(=O)N(Cc2ccccc2)CC(O)c2ccco2)CCCO1. The molecule has 5 nitrogen and oxygen atoms in total. The lowest BCUT2D eigenvalue weighted by Gasteiger charge is -2.28. The second kappa shape index (κ2) is 8.03. The quantitative estimate of drug-likeness (QED) is 0.874. The molecule has 0 fully saturated rings. The molecule has 1 aromatic heterocycles. The predicted octanol–water partition coefficient (Wildman–Crippen LogP) is 3.43. The molecule has 132 valence electrons. The molecule has 0 aliphatic carbocycles. The second-order valence-corrected chi connectivity index (χ2v) is 6.19. The van der Waals surface area contributed by atoms with Gasteiger partial charge < -0.3 is 19.2 Å². The summed E-state index contributed by atoms with van der Waals surface area (Å²) in [6.07, 6.45) is 2.18. The Morgan fingerprint density at radius 2 is 2.04 bits per heavy atom. The molecule has 0 saturated carbocycles. The molecule has 3 rings (SSSR count). The Kier molecular flexibility index (Phi) is 5.56. The molecule has 1 atom stereocenters. The van der Waals surface area contributed by atoms with Crippen LogP contribution >= 0.6 is 0 Å². The van der Waals surface area contributed by atoms with Crippen LogP contribution in [0.2, 0.25) is 0 Å². The number of aliphatic hydroxyl groups is 1. The number of amides is 1. The van der Waals surface area contributed by atoms with Crippen molar-refractivity contribution < 1.29 is 19.1 Å². The lowest BCUT2D eigenvalue weighted by Crippen LogP contribution is -2.36. The van der Waals surface area contributed by atoms with Crippen LogP contribution < -0.4 is 0 Å². The van der Waals surface area contributed by atoms with E-state index in [2.05, 4.69) is 0 Å². The zero-order chi connectivity index (χ0) is 17.6. The molecular weight excluding hydrogens is 318 g/mol. The monoisotopic (exact) mass is 341 g/mol. The summed E-state index contributed by atoms with van der Waals surface area (Å²) in [7, 11) is 0. The van der Waals surface area contributed by atoms with Crippen LogP contribution in [0, 0.1) is 0 Å². The summed E-state index contributed by atoms with van der Waals surface area (Å²) >= 11 is 0. The van der Waals surface area contributed by atoms with Gasteiger partial charge in [0.25, 0.3) is 5.91 Å². The zero-order valence-electron chi connectivity index (χ0n) is 14.4. The number of ether oxygens (including phenoxy) is 1. The lowest BCUT2D eigenvalue weighted by molar-refractivity contribution is -0.130. The fourth-order valence-corrected chi connectivity index (χ4v) is 2.99. The van der Waals surface area contributed by atoms with Gasteiger partial charge in [-0.25, -0.2) is 0 Å². The average Bonchev–Trinajstić information content (AvgIpc) is 3.17. The van der Waals surface area contributed by atoms with Gasteiger partial charge in [0, 0.05) is 6.54 Å². The number of carbonyl (C=O) groups excluding carboxylic acids is 1. The van der Waals surface area contributed by atoms with E-state index in [0.29, 0.717) is 36.7 Å². The van der Waals surface area contributed by atoms with E-state index in [1.54, 1.807) is 17.0 Å². The van der Waals surface area contributed by atoms with Crippen LogP contribution in [0.5, 0.6) is 0 Å². The first-order chi connectivity index (χ1) is 12.1. The Bertz CT molecular complexity index is 721. The largest absolute Gasteiger partial charge is 0.498 e. The van der Waals surface area contributed by atoms with Crippen molar-refractivity contribution in [3.8, 4) is 0 Å². The van der Waals surface area contributed by atoms with Gasteiger partial charge >= 0.3 is 0 Å². The number of furan rings is 1. The first-order valence-corrected chi connectivity index (χ1v) is 8.52. The normalized spacial score (nSPS) is 15.6. The van der Waals surface area contributed by atoms with E-state index >= 15 is 0 Å². The smallest absolute Gasteiger partial charge is 0.253 e. The standard InChI is InChI=1S/C20H23NO4/c1-15-17(9-5-11-24-15)20(23)21(13-16-7-3-2-4-8-16)14-18(22)19-10-6-12-25-19/h2-4,6-8,10,12,18,22H,5,9,11,13-14H2,1H3. The summed E-state index contributed by atoms with van der Waals surface area (Å²) in [5.74, 6) is 1.05. The van der Waals surface area contributed by atoms with Gasteiger partial charge in [0.2, 0.25) is 0 Å². The summed E-state index contributed by atoms with van der Waals surface area (Å²) in [6.45, 7) is 3.07. The number of benzene rings is 1. The highest BCUT2D eigenvalue weighted by Gasteiger charge is 2.26. The second-order valence-electron chi connectivity index (χ2n) is 6.19. The molecule has 1 amide bonds. The average molecular weight is 341 g/mol. The molecule has 1 unspecified atom stereocenters. The number of aliphatic hydroxyl groups excluding tert-OH is 1. The summed E-state index contributed by atoms with van der Waals surface area (Å²) < 4.78 is 10.8. The molecule has 1 aliphatic heterocycles. The molecule has 1 aromatic carbocycles. The summed E-state index contributed by atoms with van der Waals surface area (Å²) in [5, 5.41) is 10.4. The van der Waals surface area contributed by atoms with Crippen LogP contribution in [-0.2, 0) is 16.1 Å². The van der Waals surface area contributed by atoms with Crippen molar-refractivity contribution in [1.82, 2.24) is 4.90 Å². The molecule has 0 saturated heterocycles. The van der Waals surface area contributed by atoms with Crippen LogP contribution in [0.15, 0.2) is 64.5 Å². The van der Waals surface area contributed by atoms with Crippen LogP contribution in [-0.4, -0.2) is 29.1 Å².